The third-order valence-electron chi connectivity index (χ3n) is 2.09. The Morgan fingerprint density at radius 1 is 1.40 bits per heavy atom. The molecule has 0 atom stereocenters. The Kier molecular flexibility index (Phi) is 9.47. The first-order valence-corrected chi connectivity index (χ1v) is 7.36. The van der Waals surface area contributed by atoms with Gasteiger partial charge in [0, 0.05) is 27.6 Å². The van der Waals surface area contributed by atoms with E-state index in [-0.39, 0.29) is 18.7 Å². The largest absolute Gasteiger partial charge is 0.481 e. The molecule has 1 saturated heterocycles. The highest BCUT2D eigenvalue weighted by Crippen LogP contribution is 2.14. The van der Waals surface area contributed by atoms with Crippen molar-refractivity contribution >= 4 is 40.2 Å². The number of carboxylic acid groups (broad SMARTS) is 1. The first-order chi connectivity index (χ1) is 9.22. The smallest absolute Gasteiger partial charge is 0.303 e. The summed E-state index contributed by atoms with van der Waals surface area (Å²) in [5, 5.41) is 9.68. The zero-order chi connectivity index (χ0) is 15.7. The van der Waals surface area contributed by atoms with Gasteiger partial charge in [-0.15, -0.1) is 0 Å². The van der Waals surface area contributed by atoms with Crippen molar-refractivity contribution in [3.8, 4) is 0 Å². The number of nitrogens with one attached hydrogen (secondary N) is 1. The van der Waals surface area contributed by atoms with Crippen LogP contribution in [0.5, 0.6) is 0 Å². The number of nitrogens with zero attached hydrogens (tertiary/aromatic N) is 3. The zero-order valence-electron chi connectivity index (χ0n) is 12.3. The van der Waals surface area contributed by atoms with Crippen LogP contribution in [0.15, 0.2) is 0 Å². The van der Waals surface area contributed by atoms with E-state index < -0.39 is 5.97 Å². The summed E-state index contributed by atoms with van der Waals surface area (Å²) < 4.78 is 1.01. The fraction of sp³-hybridized carbons (Fsp3) is 0.727. The van der Waals surface area contributed by atoms with Gasteiger partial charge >= 0.3 is 5.97 Å². The Labute approximate surface area is 129 Å². The van der Waals surface area contributed by atoms with E-state index in [1.54, 1.807) is 25.9 Å². The molecule has 0 unspecified atom stereocenters. The van der Waals surface area contributed by atoms with Crippen molar-refractivity contribution in [3.63, 3.8) is 0 Å². The predicted molar refractivity (Wildman–Crippen MR) is 84.1 cm³/mol. The minimum absolute atomic E-state index is 0.0213. The lowest BCUT2D eigenvalue weighted by Gasteiger charge is -2.31. The van der Waals surface area contributed by atoms with E-state index in [1.807, 2.05) is 7.05 Å². The molecule has 0 aliphatic carbocycles. The molecule has 20 heavy (non-hydrogen) atoms. The number of hydrogen-bond donors (Lipinski definition) is 2. The summed E-state index contributed by atoms with van der Waals surface area (Å²) in [5.41, 5.74) is 2.43. The molecule has 2 N–H and O–H groups in total. The molecule has 1 heterocycles. The number of thiocarbonyl (C=S) groups is 1. The maximum atomic E-state index is 10.7. The van der Waals surface area contributed by atoms with Gasteiger partial charge in [-0.25, -0.2) is 5.01 Å². The average molecular weight is 322 g/mol. The molecule has 0 aromatic rings. The Balaban J connectivity index is 0.000000367. The first-order valence-electron chi connectivity index (χ1n) is 5.97. The molecule has 0 radical (unpaired) electrons. The van der Waals surface area contributed by atoms with Crippen LogP contribution in [0.4, 0.5) is 0 Å². The second-order valence-electron chi connectivity index (χ2n) is 4.56. The predicted octanol–water partition coefficient (Wildman–Crippen LogP) is 0.241. The fourth-order valence-electron chi connectivity index (χ4n) is 1.26. The number of carbonyl (C=O) groups is 2. The maximum Gasteiger partial charge on any atom is 0.303 e. The highest BCUT2D eigenvalue weighted by Gasteiger charge is 2.13. The van der Waals surface area contributed by atoms with Gasteiger partial charge in [-0.1, -0.05) is 24.0 Å². The van der Waals surface area contributed by atoms with Crippen molar-refractivity contribution in [3.05, 3.63) is 0 Å². The standard InChI is InChI=1S/C6H12N2O3.C5H10N2S2/c1-8(2)7-5(9)3-4-6(10)11;1-6-3-7(2)5(8)9-4-6/h3-4H2,1-2H3,(H,7,9)(H,10,11);3-4H2,1-2H3. The van der Waals surface area contributed by atoms with Crippen molar-refractivity contribution in [2.24, 2.45) is 0 Å². The van der Waals surface area contributed by atoms with E-state index in [4.69, 9.17) is 17.3 Å². The summed E-state index contributed by atoms with van der Waals surface area (Å²) in [6, 6.07) is 0. The third kappa shape index (κ3) is 9.96. The van der Waals surface area contributed by atoms with Crippen LogP contribution in [0.2, 0.25) is 0 Å². The van der Waals surface area contributed by atoms with Crippen molar-refractivity contribution in [1.82, 2.24) is 20.2 Å². The summed E-state index contributed by atoms with van der Waals surface area (Å²) in [6.45, 7) is 0.964. The normalized spacial score (nSPS) is 15.7. The van der Waals surface area contributed by atoms with Crippen LogP contribution in [0.1, 0.15) is 12.8 Å². The molecule has 1 fully saturated rings. The number of aliphatic carboxylic acids is 1. The number of hydrogen-bond acceptors (Lipinski definition) is 6. The van der Waals surface area contributed by atoms with Crippen LogP contribution >= 0.6 is 24.0 Å². The summed E-state index contributed by atoms with van der Waals surface area (Å²) >= 11 is 6.76. The van der Waals surface area contributed by atoms with Crippen molar-refractivity contribution in [1.29, 1.82) is 0 Å². The van der Waals surface area contributed by atoms with Crippen LogP contribution in [-0.4, -0.2) is 76.8 Å². The first kappa shape index (κ1) is 19.1. The van der Waals surface area contributed by atoms with E-state index in [2.05, 4.69) is 22.3 Å². The summed E-state index contributed by atoms with van der Waals surface area (Å²) in [7, 11) is 7.44. The Bertz CT molecular complexity index is 353. The molecule has 116 valence electrons. The van der Waals surface area contributed by atoms with E-state index >= 15 is 0 Å². The monoisotopic (exact) mass is 322 g/mol. The third-order valence-corrected chi connectivity index (χ3v) is 3.88. The van der Waals surface area contributed by atoms with E-state index in [9.17, 15) is 9.59 Å². The van der Waals surface area contributed by atoms with Gasteiger partial charge in [0.25, 0.3) is 0 Å². The number of hydrazine groups is 1. The SMILES string of the molecule is CN(C)NC(=O)CCC(=O)O.CN1CSC(=S)N(C)C1. The fourth-order valence-corrected chi connectivity index (χ4v) is 2.17. The summed E-state index contributed by atoms with van der Waals surface area (Å²) in [5.74, 6) is -0.209. The van der Waals surface area contributed by atoms with Crippen LogP contribution in [-0.2, 0) is 9.59 Å². The molecule has 0 aromatic carbocycles. The molecule has 0 aromatic heterocycles. The quantitative estimate of drug-likeness (QED) is 0.563. The highest BCUT2D eigenvalue weighted by atomic mass is 32.2. The van der Waals surface area contributed by atoms with Gasteiger partial charge in [-0.2, -0.15) is 0 Å². The summed E-state index contributed by atoms with van der Waals surface area (Å²) in [4.78, 5) is 25.0. The molecule has 0 spiro atoms. The van der Waals surface area contributed by atoms with Crippen molar-refractivity contribution in [2.75, 3.05) is 40.7 Å². The highest BCUT2D eigenvalue weighted by molar-refractivity contribution is 8.22. The molecule has 0 bridgehead atoms. The molecule has 9 heteroatoms. The van der Waals surface area contributed by atoms with Crippen LogP contribution in [0.3, 0.4) is 0 Å². The maximum absolute atomic E-state index is 10.7. The van der Waals surface area contributed by atoms with Crippen molar-refractivity contribution in [2.45, 2.75) is 12.8 Å². The molecular weight excluding hydrogens is 300 g/mol. The zero-order valence-corrected chi connectivity index (χ0v) is 13.9. The van der Waals surface area contributed by atoms with Gasteiger partial charge in [0.15, 0.2) is 0 Å². The number of carboxylic acids is 1. The van der Waals surface area contributed by atoms with E-state index in [0.717, 1.165) is 16.9 Å². The van der Waals surface area contributed by atoms with E-state index in [0.29, 0.717) is 0 Å². The van der Waals surface area contributed by atoms with Gasteiger partial charge in [-0.05, 0) is 7.05 Å². The van der Waals surface area contributed by atoms with Crippen LogP contribution < -0.4 is 5.43 Å². The van der Waals surface area contributed by atoms with Crippen molar-refractivity contribution < 1.29 is 14.7 Å². The molecule has 7 nitrogen and oxygen atoms in total. The minimum atomic E-state index is -0.959. The lowest BCUT2D eigenvalue weighted by atomic mass is 10.3. The number of carbonyl (C=O) groups excluding carboxylic acids is 1. The molecule has 0 saturated carbocycles. The minimum Gasteiger partial charge on any atom is -0.481 e. The topological polar surface area (TPSA) is 76.1 Å². The second kappa shape index (κ2) is 9.92. The molecule has 1 rings (SSSR count). The van der Waals surface area contributed by atoms with Gasteiger partial charge in [0.2, 0.25) is 5.91 Å². The molecule has 1 amide bonds. The number of amides is 1. The molecule has 1 aliphatic rings. The van der Waals surface area contributed by atoms with Gasteiger partial charge < -0.3 is 10.0 Å². The van der Waals surface area contributed by atoms with Gasteiger partial charge in [-0.3, -0.25) is 19.9 Å². The number of rotatable bonds is 4. The van der Waals surface area contributed by atoms with Gasteiger partial charge in [0.05, 0.1) is 19.0 Å². The summed E-state index contributed by atoms with van der Waals surface area (Å²) in [6.07, 6.45) is -0.104. The Morgan fingerprint density at radius 3 is 2.40 bits per heavy atom. The molecule has 1 aliphatic heterocycles. The van der Waals surface area contributed by atoms with E-state index in [1.165, 1.54) is 5.01 Å². The lowest BCUT2D eigenvalue weighted by Crippen LogP contribution is -2.40. The number of thioether (sulfide) groups is 1. The van der Waals surface area contributed by atoms with Crippen LogP contribution in [0.25, 0.3) is 0 Å². The average Bonchev–Trinajstić information content (AvgIpc) is 2.32. The van der Waals surface area contributed by atoms with Gasteiger partial charge in [0.1, 0.15) is 4.32 Å². The lowest BCUT2D eigenvalue weighted by molar-refractivity contribution is -0.139. The molecular formula is C11H22N4O3S2. The second-order valence-corrected chi connectivity index (χ2v) is 6.14. The Morgan fingerprint density at radius 2 is 2.00 bits per heavy atom. The Hall–Kier alpha value is -0.900. The van der Waals surface area contributed by atoms with Crippen LogP contribution in [0, 0.1) is 0 Å².